The van der Waals surface area contributed by atoms with Gasteiger partial charge in [-0.1, -0.05) is 0 Å². The van der Waals surface area contributed by atoms with Crippen molar-refractivity contribution in [3.8, 4) is 0 Å². The number of carbonyl (C=O) groups is 1. The second-order valence-electron chi connectivity index (χ2n) is 3.64. The number of nitrogens with zero attached hydrogens (tertiary/aromatic N) is 3. The molecule has 0 bridgehead atoms. The zero-order valence-corrected chi connectivity index (χ0v) is 8.67. The number of primary amides is 1. The van der Waals surface area contributed by atoms with E-state index in [0.717, 1.165) is 11.0 Å². The van der Waals surface area contributed by atoms with Crippen molar-refractivity contribution in [2.75, 3.05) is 6.61 Å². The van der Waals surface area contributed by atoms with Crippen molar-refractivity contribution >= 4 is 5.91 Å². The molecule has 0 saturated carbocycles. The molecule has 4 atom stereocenters. The monoisotopic (exact) mass is 244 g/mol. The first kappa shape index (κ1) is 11.9. The van der Waals surface area contributed by atoms with Crippen molar-refractivity contribution in [1.82, 2.24) is 14.8 Å². The molecule has 3 unspecified atom stereocenters. The second kappa shape index (κ2) is 4.37. The molecule has 1 fully saturated rings. The van der Waals surface area contributed by atoms with Crippen LogP contribution in [0.3, 0.4) is 0 Å². The van der Waals surface area contributed by atoms with E-state index >= 15 is 0 Å². The summed E-state index contributed by atoms with van der Waals surface area (Å²) in [5, 5.41) is 31.8. The lowest BCUT2D eigenvalue weighted by molar-refractivity contribution is -0.0588. The Hall–Kier alpha value is -1.55. The van der Waals surface area contributed by atoms with Crippen LogP contribution in [-0.2, 0) is 4.74 Å². The Morgan fingerprint density at radius 3 is 2.71 bits per heavy atom. The quantitative estimate of drug-likeness (QED) is 0.443. The summed E-state index contributed by atoms with van der Waals surface area (Å²) in [6, 6.07) is 0. The van der Waals surface area contributed by atoms with E-state index in [1.165, 1.54) is 0 Å². The summed E-state index contributed by atoms with van der Waals surface area (Å²) in [4.78, 5) is 14.4. The summed E-state index contributed by atoms with van der Waals surface area (Å²) >= 11 is 0. The Morgan fingerprint density at radius 2 is 2.24 bits per heavy atom. The van der Waals surface area contributed by atoms with Crippen LogP contribution in [0, 0.1) is 0 Å². The Bertz CT molecular complexity index is 422. The van der Waals surface area contributed by atoms with Gasteiger partial charge in [-0.15, -0.1) is 5.10 Å². The van der Waals surface area contributed by atoms with Crippen LogP contribution in [0.25, 0.3) is 0 Å². The third-order valence-corrected chi connectivity index (χ3v) is 2.51. The molecule has 1 aliphatic heterocycles. The molecule has 2 rings (SSSR count). The van der Waals surface area contributed by atoms with Crippen LogP contribution in [0.15, 0.2) is 6.33 Å². The Labute approximate surface area is 95.4 Å². The number of carbonyl (C=O) groups excluding carboxylic acids is 1. The third-order valence-electron chi connectivity index (χ3n) is 2.51. The number of aromatic nitrogens is 3. The average Bonchev–Trinajstić information content (AvgIpc) is 2.87. The first-order chi connectivity index (χ1) is 8.04. The fourth-order valence-corrected chi connectivity index (χ4v) is 1.61. The molecule has 17 heavy (non-hydrogen) atoms. The van der Waals surface area contributed by atoms with Crippen molar-refractivity contribution in [3.05, 3.63) is 12.2 Å². The lowest BCUT2D eigenvalue weighted by Crippen LogP contribution is -2.33. The van der Waals surface area contributed by atoms with Gasteiger partial charge in [-0.2, -0.15) is 0 Å². The van der Waals surface area contributed by atoms with Gasteiger partial charge < -0.3 is 25.8 Å². The number of hydrogen-bond donors (Lipinski definition) is 4. The number of amides is 1. The van der Waals surface area contributed by atoms with Crippen LogP contribution >= 0.6 is 0 Å². The summed E-state index contributed by atoms with van der Waals surface area (Å²) in [7, 11) is 0. The largest absolute Gasteiger partial charge is 0.394 e. The maximum absolute atomic E-state index is 10.8. The fourth-order valence-electron chi connectivity index (χ4n) is 1.61. The summed E-state index contributed by atoms with van der Waals surface area (Å²) in [5.74, 6) is -1.03. The zero-order chi connectivity index (χ0) is 12.6. The second-order valence-corrected chi connectivity index (χ2v) is 3.64. The molecule has 1 aliphatic rings. The van der Waals surface area contributed by atoms with E-state index in [0.29, 0.717) is 0 Å². The highest BCUT2D eigenvalue weighted by Crippen LogP contribution is 2.28. The molecular weight excluding hydrogens is 232 g/mol. The third kappa shape index (κ3) is 2.00. The molecule has 1 saturated heterocycles. The Morgan fingerprint density at radius 1 is 1.53 bits per heavy atom. The minimum Gasteiger partial charge on any atom is -0.394 e. The number of aliphatic hydroxyl groups is 3. The molecule has 1 aromatic rings. The number of hydrogen-bond acceptors (Lipinski definition) is 7. The van der Waals surface area contributed by atoms with Gasteiger partial charge in [0.05, 0.1) is 6.61 Å². The predicted octanol–water partition coefficient (Wildman–Crippen LogP) is -3.01. The van der Waals surface area contributed by atoms with Gasteiger partial charge in [0.15, 0.2) is 6.23 Å². The number of ether oxygens (including phenoxy) is 1. The number of rotatable bonds is 3. The molecule has 9 nitrogen and oxygen atoms in total. The van der Waals surface area contributed by atoms with E-state index in [-0.39, 0.29) is 5.82 Å². The highest BCUT2D eigenvalue weighted by Gasteiger charge is 2.43. The van der Waals surface area contributed by atoms with Crippen LogP contribution in [0.5, 0.6) is 0 Å². The van der Waals surface area contributed by atoms with Crippen LogP contribution < -0.4 is 5.73 Å². The summed E-state index contributed by atoms with van der Waals surface area (Å²) < 4.78 is 6.25. The van der Waals surface area contributed by atoms with E-state index < -0.39 is 37.1 Å². The highest BCUT2D eigenvalue weighted by atomic mass is 16.6. The van der Waals surface area contributed by atoms with E-state index in [4.69, 9.17) is 15.6 Å². The summed E-state index contributed by atoms with van der Waals surface area (Å²) in [5.41, 5.74) is 4.97. The molecule has 0 aliphatic carbocycles. The standard InChI is InChI=1S/C8H12N4O5/c9-6(16)7-10-2-12(11-7)8-5(15)4(14)3(1-13)17-8/h2-5,8,13-15H,1H2,(H2,9,16)/t3?,4?,5?,8-/m1/s1. The molecule has 0 aromatic carbocycles. The van der Waals surface area contributed by atoms with Gasteiger partial charge in [-0.25, -0.2) is 9.67 Å². The van der Waals surface area contributed by atoms with Gasteiger partial charge in [-0.05, 0) is 0 Å². The van der Waals surface area contributed by atoms with Gasteiger partial charge in [-0.3, -0.25) is 4.79 Å². The van der Waals surface area contributed by atoms with Crippen molar-refractivity contribution in [3.63, 3.8) is 0 Å². The molecule has 2 heterocycles. The molecule has 5 N–H and O–H groups in total. The minimum atomic E-state index is -1.27. The topological polar surface area (TPSA) is 144 Å². The normalized spacial score (nSPS) is 32.9. The Kier molecular flexibility index (Phi) is 3.07. The van der Waals surface area contributed by atoms with Crippen molar-refractivity contribution in [2.45, 2.75) is 24.5 Å². The van der Waals surface area contributed by atoms with Crippen LogP contribution in [-0.4, -0.2) is 60.9 Å². The van der Waals surface area contributed by atoms with E-state index in [1.54, 1.807) is 0 Å². The molecule has 1 aromatic heterocycles. The van der Waals surface area contributed by atoms with E-state index in [9.17, 15) is 15.0 Å². The first-order valence-corrected chi connectivity index (χ1v) is 4.88. The van der Waals surface area contributed by atoms with Crippen molar-refractivity contribution in [2.24, 2.45) is 5.73 Å². The van der Waals surface area contributed by atoms with Gasteiger partial charge in [0.2, 0.25) is 5.82 Å². The molecular formula is C8H12N4O5. The molecule has 9 heteroatoms. The smallest absolute Gasteiger partial charge is 0.288 e. The van der Waals surface area contributed by atoms with Gasteiger partial charge >= 0.3 is 0 Å². The lowest BCUT2D eigenvalue weighted by Gasteiger charge is -2.13. The fraction of sp³-hybridized carbons (Fsp3) is 0.625. The molecule has 1 amide bonds. The summed E-state index contributed by atoms with van der Waals surface area (Å²) in [6.07, 6.45) is -3.26. The Balaban J connectivity index is 2.19. The maximum Gasteiger partial charge on any atom is 0.288 e. The van der Waals surface area contributed by atoms with Gasteiger partial charge in [0, 0.05) is 0 Å². The predicted molar refractivity (Wildman–Crippen MR) is 51.5 cm³/mol. The number of aliphatic hydroxyl groups excluding tert-OH is 3. The summed E-state index contributed by atoms with van der Waals surface area (Å²) in [6.45, 7) is -0.438. The van der Waals surface area contributed by atoms with E-state index in [2.05, 4.69) is 10.1 Å². The lowest BCUT2D eigenvalue weighted by atomic mass is 10.1. The van der Waals surface area contributed by atoms with Crippen LogP contribution in [0.4, 0.5) is 0 Å². The molecule has 0 radical (unpaired) electrons. The highest BCUT2D eigenvalue weighted by molar-refractivity contribution is 5.88. The molecule has 94 valence electrons. The van der Waals surface area contributed by atoms with Crippen molar-refractivity contribution in [1.29, 1.82) is 0 Å². The first-order valence-electron chi connectivity index (χ1n) is 4.88. The number of nitrogens with two attached hydrogens (primary N) is 1. The van der Waals surface area contributed by atoms with Crippen LogP contribution in [0.2, 0.25) is 0 Å². The average molecular weight is 244 g/mol. The maximum atomic E-state index is 10.8. The van der Waals surface area contributed by atoms with Gasteiger partial charge in [0.25, 0.3) is 5.91 Å². The zero-order valence-electron chi connectivity index (χ0n) is 8.67. The van der Waals surface area contributed by atoms with Gasteiger partial charge in [0.1, 0.15) is 24.6 Å². The molecule has 0 spiro atoms. The SMILES string of the molecule is NC(=O)c1ncn([C@@H]2OC(CO)C(O)C2O)n1. The van der Waals surface area contributed by atoms with Crippen LogP contribution in [0.1, 0.15) is 16.8 Å². The minimum absolute atomic E-state index is 0.220. The van der Waals surface area contributed by atoms with Crippen molar-refractivity contribution < 1.29 is 24.9 Å². The van der Waals surface area contributed by atoms with E-state index in [1.807, 2.05) is 0 Å².